The number of rotatable bonds is 5. The summed E-state index contributed by atoms with van der Waals surface area (Å²) in [4.78, 5) is 58.0. The number of nitrogens with one attached hydrogen (secondary N) is 2. The van der Waals surface area contributed by atoms with Gasteiger partial charge >= 0.3 is 6.09 Å². The summed E-state index contributed by atoms with van der Waals surface area (Å²) in [6.07, 6.45) is 1.17. The van der Waals surface area contributed by atoms with Gasteiger partial charge in [0.1, 0.15) is 5.56 Å². The summed E-state index contributed by atoms with van der Waals surface area (Å²) >= 11 is 1.18. The van der Waals surface area contributed by atoms with Gasteiger partial charge in [-0.15, -0.1) is 11.3 Å². The molecule has 2 aromatic rings. The van der Waals surface area contributed by atoms with Crippen molar-refractivity contribution >= 4 is 34.4 Å². The molecule has 11 heteroatoms. The van der Waals surface area contributed by atoms with Gasteiger partial charge in [0, 0.05) is 37.8 Å². The zero-order valence-corrected chi connectivity index (χ0v) is 16.7. The van der Waals surface area contributed by atoms with Crippen molar-refractivity contribution < 1.29 is 19.1 Å². The molecule has 0 atom stereocenters. The number of piperazine rings is 1. The maximum atomic E-state index is 12.5. The Hall–Kier alpha value is -3.21. The fraction of sp³-hybridized carbons (Fsp3) is 0.389. The highest BCUT2D eigenvalue weighted by molar-refractivity contribution is 7.14. The molecule has 154 valence electrons. The van der Waals surface area contributed by atoms with Gasteiger partial charge < -0.3 is 19.5 Å². The van der Waals surface area contributed by atoms with Gasteiger partial charge in [-0.25, -0.2) is 9.78 Å². The van der Waals surface area contributed by atoms with E-state index in [4.69, 9.17) is 4.74 Å². The van der Waals surface area contributed by atoms with Gasteiger partial charge in [-0.05, 0) is 19.1 Å². The molecule has 2 aromatic heterocycles. The highest BCUT2D eigenvalue weighted by Gasteiger charge is 2.25. The number of hydrogen-bond donors (Lipinski definition) is 2. The summed E-state index contributed by atoms with van der Waals surface area (Å²) in [5, 5.41) is 4.57. The standard InChI is InChI=1S/C18H21N5O5S/c1-2-28-18(27)23-8-6-22(7-9-23)14(24)10-12-11-29-17(20-12)21-16(26)13-4-3-5-19-15(13)25/h3-5,11H,2,6-10H2,1H3,(H,19,25)(H,20,21,26). The quantitative estimate of drug-likeness (QED) is 0.743. The lowest BCUT2D eigenvalue weighted by Crippen LogP contribution is -2.51. The van der Waals surface area contributed by atoms with Gasteiger partial charge in [-0.2, -0.15) is 0 Å². The Morgan fingerprint density at radius 1 is 1.24 bits per heavy atom. The van der Waals surface area contributed by atoms with E-state index in [1.807, 2.05) is 0 Å². The molecule has 0 saturated carbocycles. The van der Waals surface area contributed by atoms with Crippen LogP contribution in [0.5, 0.6) is 0 Å². The highest BCUT2D eigenvalue weighted by atomic mass is 32.1. The maximum Gasteiger partial charge on any atom is 0.409 e. The zero-order chi connectivity index (χ0) is 20.8. The van der Waals surface area contributed by atoms with E-state index in [2.05, 4.69) is 15.3 Å². The van der Waals surface area contributed by atoms with Crippen LogP contribution in [0.15, 0.2) is 28.5 Å². The number of amides is 3. The number of H-pyrrole nitrogens is 1. The number of aromatic nitrogens is 2. The molecule has 1 saturated heterocycles. The average molecular weight is 419 g/mol. The van der Waals surface area contributed by atoms with E-state index in [9.17, 15) is 19.2 Å². The largest absolute Gasteiger partial charge is 0.450 e. The van der Waals surface area contributed by atoms with E-state index in [0.717, 1.165) is 0 Å². The lowest BCUT2D eigenvalue weighted by atomic mass is 10.2. The molecule has 3 amide bonds. The van der Waals surface area contributed by atoms with E-state index < -0.39 is 11.5 Å². The summed E-state index contributed by atoms with van der Waals surface area (Å²) in [7, 11) is 0. The average Bonchev–Trinajstić information content (AvgIpc) is 3.15. The number of hydrogen-bond acceptors (Lipinski definition) is 7. The molecule has 10 nitrogen and oxygen atoms in total. The maximum absolute atomic E-state index is 12.5. The van der Waals surface area contributed by atoms with E-state index in [1.165, 1.54) is 23.6 Å². The SMILES string of the molecule is CCOC(=O)N1CCN(C(=O)Cc2csc(NC(=O)c3ccc[nH]c3=O)n2)CC1. The summed E-state index contributed by atoms with van der Waals surface area (Å²) in [5.74, 6) is -0.662. The number of thiazole rings is 1. The molecule has 1 aliphatic heterocycles. The van der Waals surface area contributed by atoms with Crippen molar-refractivity contribution in [1.82, 2.24) is 19.8 Å². The Balaban J connectivity index is 1.52. The van der Waals surface area contributed by atoms with Gasteiger partial charge in [0.2, 0.25) is 5.91 Å². The molecule has 29 heavy (non-hydrogen) atoms. The molecule has 0 spiro atoms. The second-order valence-corrected chi connectivity index (χ2v) is 7.11. The Morgan fingerprint density at radius 2 is 1.97 bits per heavy atom. The first-order valence-corrected chi connectivity index (χ1v) is 9.99. The lowest BCUT2D eigenvalue weighted by Gasteiger charge is -2.34. The Bertz CT molecular complexity index is 948. The predicted octanol–water partition coefficient (Wildman–Crippen LogP) is 0.927. The Labute approximate surface area is 170 Å². The number of carbonyl (C=O) groups is 3. The second-order valence-electron chi connectivity index (χ2n) is 6.25. The van der Waals surface area contributed by atoms with E-state index in [-0.39, 0.29) is 24.0 Å². The van der Waals surface area contributed by atoms with Gasteiger partial charge in [0.05, 0.1) is 18.7 Å². The van der Waals surface area contributed by atoms with Crippen molar-refractivity contribution in [2.75, 3.05) is 38.1 Å². The van der Waals surface area contributed by atoms with Gasteiger partial charge in [0.25, 0.3) is 11.5 Å². The molecule has 3 rings (SSSR count). The molecule has 0 bridgehead atoms. The first-order chi connectivity index (χ1) is 14.0. The Morgan fingerprint density at radius 3 is 2.66 bits per heavy atom. The van der Waals surface area contributed by atoms with Crippen molar-refractivity contribution in [3.63, 3.8) is 0 Å². The molecule has 1 aliphatic rings. The van der Waals surface area contributed by atoms with Crippen molar-refractivity contribution in [3.05, 3.63) is 45.3 Å². The molecular weight excluding hydrogens is 398 g/mol. The molecule has 2 N–H and O–H groups in total. The summed E-state index contributed by atoms with van der Waals surface area (Å²) in [6.45, 7) is 3.78. The second kappa shape index (κ2) is 9.32. The van der Waals surface area contributed by atoms with Crippen LogP contribution in [0.2, 0.25) is 0 Å². The van der Waals surface area contributed by atoms with Crippen LogP contribution in [-0.4, -0.2) is 70.5 Å². The van der Waals surface area contributed by atoms with Crippen LogP contribution < -0.4 is 10.9 Å². The van der Waals surface area contributed by atoms with E-state index in [1.54, 1.807) is 28.2 Å². The molecule has 0 radical (unpaired) electrons. The molecule has 3 heterocycles. The first-order valence-electron chi connectivity index (χ1n) is 9.11. The molecule has 0 aromatic carbocycles. The number of nitrogens with zero attached hydrogens (tertiary/aromatic N) is 3. The van der Waals surface area contributed by atoms with E-state index >= 15 is 0 Å². The number of anilines is 1. The third kappa shape index (κ3) is 5.19. The zero-order valence-electron chi connectivity index (χ0n) is 15.8. The topological polar surface area (TPSA) is 125 Å². The molecular formula is C18H21N5O5S. The molecule has 1 fully saturated rings. The van der Waals surface area contributed by atoms with Crippen LogP contribution in [0.4, 0.5) is 9.93 Å². The van der Waals surface area contributed by atoms with Gasteiger partial charge in [-0.1, -0.05) is 0 Å². The minimum absolute atomic E-state index is 0.0141. The van der Waals surface area contributed by atoms with Gasteiger partial charge in [0.15, 0.2) is 5.13 Å². The number of aromatic amines is 1. The summed E-state index contributed by atoms with van der Waals surface area (Å²) in [6, 6.07) is 2.98. The van der Waals surface area contributed by atoms with Crippen LogP contribution in [0.1, 0.15) is 23.0 Å². The van der Waals surface area contributed by atoms with Crippen LogP contribution in [0.3, 0.4) is 0 Å². The molecule has 0 unspecified atom stereocenters. The summed E-state index contributed by atoms with van der Waals surface area (Å²) in [5.41, 5.74) is 0.0313. The monoisotopic (exact) mass is 419 g/mol. The molecule has 0 aliphatic carbocycles. The van der Waals surface area contributed by atoms with Crippen LogP contribution >= 0.6 is 11.3 Å². The minimum Gasteiger partial charge on any atom is -0.450 e. The van der Waals surface area contributed by atoms with Crippen molar-refractivity contribution in [1.29, 1.82) is 0 Å². The smallest absolute Gasteiger partial charge is 0.409 e. The number of carbonyl (C=O) groups excluding carboxylic acids is 3. The van der Waals surface area contributed by atoms with Crippen LogP contribution in [0.25, 0.3) is 0 Å². The van der Waals surface area contributed by atoms with Crippen molar-refractivity contribution in [3.8, 4) is 0 Å². The lowest BCUT2D eigenvalue weighted by molar-refractivity contribution is -0.132. The highest BCUT2D eigenvalue weighted by Crippen LogP contribution is 2.17. The van der Waals surface area contributed by atoms with Crippen LogP contribution in [0, 0.1) is 0 Å². The summed E-state index contributed by atoms with van der Waals surface area (Å²) < 4.78 is 4.97. The number of ether oxygens (including phenoxy) is 1. The van der Waals surface area contributed by atoms with Crippen LogP contribution in [-0.2, 0) is 16.0 Å². The van der Waals surface area contributed by atoms with Crippen molar-refractivity contribution in [2.24, 2.45) is 0 Å². The normalized spacial score (nSPS) is 13.8. The fourth-order valence-corrected chi connectivity index (χ4v) is 3.54. The minimum atomic E-state index is -0.561. The van der Waals surface area contributed by atoms with Crippen molar-refractivity contribution in [2.45, 2.75) is 13.3 Å². The first kappa shape index (κ1) is 20.5. The predicted molar refractivity (Wildman–Crippen MR) is 106 cm³/mol. The third-order valence-electron chi connectivity index (χ3n) is 4.33. The third-order valence-corrected chi connectivity index (χ3v) is 5.13. The Kier molecular flexibility index (Phi) is 6.60. The van der Waals surface area contributed by atoms with Gasteiger partial charge in [-0.3, -0.25) is 19.7 Å². The van der Waals surface area contributed by atoms with E-state index in [0.29, 0.717) is 43.6 Å². The fourth-order valence-electron chi connectivity index (χ4n) is 2.83. The number of pyridine rings is 1.